The first-order valence-corrected chi connectivity index (χ1v) is 12.8. The van der Waals surface area contributed by atoms with Gasteiger partial charge in [-0.2, -0.15) is 0 Å². The number of carbonyl (C=O) groups is 2. The van der Waals surface area contributed by atoms with Gasteiger partial charge in [-0.3, -0.25) is 9.59 Å². The Morgan fingerprint density at radius 2 is 1.68 bits per heavy atom. The highest BCUT2D eigenvalue weighted by Gasteiger charge is 2.54. The molecule has 0 N–H and O–H groups in total. The second-order valence-corrected chi connectivity index (χ2v) is 11.7. The molecule has 1 aromatic carbocycles. The fourth-order valence-corrected chi connectivity index (χ4v) is 6.96. The molecule has 2 aliphatic rings. The van der Waals surface area contributed by atoms with Crippen LogP contribution >= 0.6 is 0 Å². The summed E-state index contributed by atoms with van der Waals surface area (Å²) in [5.41, 5.74) is 1.86. The van der Waals surface area contributed by atoms with Crippen molar-refractivity contribution in [2.75, 3.05) is 13.7 Å². The van der Waals surface area contributed by atoms with E-state index < -0.39 is 27.2 Å². The molecule has 0 saturated heterocycles. The van der Waals surface area contributed by atoms with Gasteiger partial charge in [0.25, 0.3) is 5.91 Å². The second-order valence-electron chi connectivity index (χ2n) is 9.45. The zero-order valence-electron chi connectivity index (χ0n) is 19.1. The van der Waals surface area contributed by atoms with Crippen LogP contribution in [0.25, 0.3) is 0 Å². The largest absolute Gasteiger partial charge is 0.454 e. The summed E-state index contributed by atoms with van der Waals surface area (Å²) in [7, 11) is -2.19. The van der Waals surface area contributed by atoms with E-state index in [1.807, 2.05) is 13.8 Å². The van der Waals surface area contributed by atoms with Crippen molar-refractivity contribution in [2.24, 2.45) is 5.92 Å². The highest BCUT2D eigenvalue weighted by molar-refractivity contribution is 7.93. The van der Waals surface area contributed by atoms with E-state index in [4.69, 9.17) is 4.74 Å². The van der Waals surface area contributed by atoms with Crippen molar-refractivity contribution in [1.82, 2.24) is 4.90 Å². The number of sulfone groups is 1. The molecule has 3 rings (SSSR count). The van der Waals surface area contributed by atoms with Crippen molar-refractivity contribution in [2.45, 2.75) is 87.8 Å². The van der Waals surface area contributed by atoms with Crippen LogP contribution in [0, 0.1) is 19.8 Å². The van der Waals surface area contributed by atoms with Gasteiger partial charge in [-0.1, -0.05) is 25.8 Å². The molecule has 2 fully saturated rings. The lowest BCUT2D eigenvalue weighted by Gasteiger charge is -2.34. The number of aryl methyl sites for hydroxylation is 2. The summed E-state index contributed by atoms with van der Waals surface area (Å²) in [6, 6.07) is 5.11. The van der Waals surface area contributed by atoms with Crippen LogP contribution in [-0.4, -0.2) is 49.6 Å². The van der Waals surface area contributed by atoms with E-state index in [-0.39, 0.29) is 29.7 Å². The van der Waals surface area contributed by atoms with E-state index in [0.29, 0.717) is 18.8 Å². The third-order valence-corrected chi connectivity index (χ3v) is 9.82. The molecule has 0 atom stereocenters. The van der Waals surface area contributed by atoms with Gasteiger partial charge in [0.05, 0.1) is 4.90 Å². The van der Waals surface area contributed by atoms with Gasteiger partial charge in [0.15, 0.2) is 21.2 Å². The van der Waals surface area contributed by atoms with Crippen molar-refractivity contribution < 1.29 is 22.7 Å². The van der Waals surface area contributed by atoms with E-state index in [9.17, 15) is 18.0 Å². The number of ether oxygens (including phenoxy) is 1. The van der Waals surface area contributed by atoms with E-state index in [1.165, 1.54) is 0 Å². The average molecular weight is 450 g/mol. The van der Waals surface area contributed by atoms with Crippen LogP contribution in [0.4, 0.5) is 0 Å². The van der Waals surface area contributed by atoms with Gasteiger partial charge in [-0.25, -0.2) is 8.42 Å². The molecule has 0 unspecified atom stereocenters. The van der Waals surface area contributed by atoms with Gasteiger partial charge < -0.3 is 9.64 Å². The van der Waals surface area contributed by atoms with Crippen LogP contribution in [0.3, 0.4) is 0 Å². The van der Waals surface area contributed by atoms with Crippen LogP contribution in [0.2, 0.25) is 0 Å². The Bertz CT molecular complexity index is 925. The van der Waals surface area contributed by atoms with Gasteiger partial charge in [-0.15, -0.1) is 0 Å². The van der Waals surface area contributed by atoms with E-state index in [2.05, 4.69) is 6.92 Å². The molecular weight excluding hydrogens is 414 g/mol. The van der Waals surface area contributed by atoms with Crippen molar-refractivity contribution in [1.29, 1.82) is 0 Å². The minimum absolute atomic E-state index is 0.147. The summed E-state index contributed by atoms with van der Waals surface area (Å²) >= 11 is 0. The van der Waals surface area contributed by atoms with E-state index in [0.717, 1.165) is 36.8 Å². The number of esters is 1. The zero-order chi connectivity index (χ0) is 22.8. The SMILES string of the molecule is Cc1ccc(S(=O)(=O)C2(C(=O)OCC(=O)N(C)C3CCC(C)CC3)CCCC2)cc1C. The average Bonchev–Trinajstić information content (AvgIpc) is 3.25. The Hall–Kier alpha value is -1.89. The molecular formula is C24H35NO5S. The molecule has 0 aromatic heterocycles. The Morgan fingerprint density at radius 3 is 2.26 bits per heavy atom. The number of carbonyl (C=O) groups excluding carboxylic acids is 2. The first kappa shape index (κ1) is 23.8. The zero-order valence-corrected chi connectivity index (χ0v) is 20.0. The summed E-state index contributed by atoms with van der Waals surface area (Å²) in [5.74, 6) is -0.387. The number of amides is 1. The predicted octanol–water partition coefficient (Wildman–Crippen LogP) is 3.97. The van der Waals surface area contributed by atoms with Crippen molar-refractivity contribution in [3.8, 4) is 0 Å². The van der Waals surface area contributed by atoms with Crippen LogP contribution in [-0.2, 0) is 24.2 Å². The number of likely N-dealkylation sites (N-methyl/N-ethyl adjacent to an activating group) is 1. The smallest absolute Gasteiger partial charge is 0.328 e. The summed E-state index contributed by atoms with van der Waals surface area (Å²) in [4.78, 5) is 27.6. The molecule has 172 valence electrons. The number of rotatable bonds is 6. The number of nitrogens with zero attached hydrogens (tertiary/aromatic N) is 1. The molecule has 0 heterocycles. The fraction of sp³-hybridized carbons (Fsp3) is 0.667. The third kappa shape index (κ3) is 4.66. The molecule has 1 amide bonds. The molecule has 6 nitrogen and oxygen atoms in total. The van der Waals surface area contributed by atoms with Crippen molar-refractivity contribution in [3.05, 3.63) is 29.3 Å². The van der Waals surface area contributed by atoms with Crippen LogP contribution in [0.15, 0.2) is 23.1 Å². The van der Waals surface area contributed by atoms with E-state index >= 15 is 0 Å². The number of hydrogen-bond acceptors (Lipinski definition) is 5. The monoisotopic (exact) mass is 449 g/mol. The Morgan fingerprint density at radius 1 is 1.06 bits per heavy atom. The topological polar surface area (TPSA) is 80.7 Å². The minimum Gasteiger partial charge on any atom is -0.454 e. The first-order valence-electron chi connectivity index (χ1n) is 11.3. The van der Waals surface area contributed by atoms with Crippen LogP contribution in [0.1, 0.15) is 69.4 Å². The standard InChI is InChI=1S/C24H35NO5S/c1-17-7-10-20(11-8-17)25(4)22(26)16-30-23(27)24(13-5-6-14-24)31(28,29)21-12-9-18(2)19(3)15-21/h9,12,15,17,20H,5-8,10-11,13-14,16H2,1-4H3. The second kappa shape index (κ2) is 9.31. The van der Waals surface area contributed by atoms with Gasteiger partial charge in [0.2, 0.25) is 0 Å². The van der Waals surface area contributed by atoms with E-state index in [1.54, 1.807) is 30.1 Å². The molecule has 0 bridgehead atoms. The molecule has 31 heavy (non-hydrogen) atoms. The Labute approximate surface area is 186 Å². The van der Waals surface area contributed by atoms with Crippen molar-refractivity contribution >= 4 is 21.7 Å². The maximum atomic E-state index is 13.5. The Balaban J connectivity index is 1.73. The van der Waals surface area contributed by atoms with Gasteiger partial charge in [0.1, 0.15) is 0 Å². The third-order valence-electron chi connectivity index (χ3n) is 7.34. The molecule has 2 saturated carbocycles. The van der Waals surface area contributed by atoms with Crippen LogP contribution < -0.4 is 0 Å². The van der Waals surface area contributed by atoms with Crippen LogP contribution in [0.5, 0.6) is 0 Å². The summed E-state index contributed by atoms with van der Waals surface area (Å²) in [6.07, 6.45) is 5.81. The summed E-state index contributed by atoms with van der Waals surface area (Å²) in [6.45, 7) is 5.58. The molecule has 1 aromatic rings. The quantitative estimate of drug-likeness (QED) is 0.614. The molecule has 2 aliphatic carbocycles. The number of hydrogen-bond donors (Lipinski definition) is 0. The lowest BCUT2D eigenvalue weighted by molar-refractivity contribution is -0.154. The molecule has 0 aliphatic heterocycles. The molecule has 0 spiro atoms. The molecule has 0 radical (unpaired) electrons. The maximum Gasteiger partial charge on any atom is 0.328 e. The highest BCUT2D eigenvalue weighted by atomic mass is 32.2. The lowest BCUT2D eigenvalue weighted by atomic mass is 9.87. The summed E-state index contributed by atoms with van der Waals surface area (Å²) < 4.78 is 30.8. The van der Waals surface area contributed by atoms with Gasteiger partial charge in [-0.05, 0) is 81.5 Å². The normalized spacial score (nSPS) is 23.4. The fourth-order valence-electron chi connectivity index (χ4n) is 4.83. The lowest BCUT2D eigenvalue weighted by Crippen LogP contribution is -2.47. The predicted molar refractivity (Wildman–Crippen MR) is 119 cm³/mol. The Kier molecular flexibility index (Phi) is 7.14. The van der Waals surface area contributed by atoms with Crippen molar-refractivity contribution in [3.63, 3.8) is 0 Å². The maximum absolute atomic E-state index is 13.5. The molecule has 7 heteroatoms. The van der Waals surface area contributed by atoms with Gasteiger partial charge >= 0.3 is 5.97 Å². The minimum atomic E-state index is -3.93. The highest BCUT2D eigenvalue weighted by Crippen LogP contribution is 2.42. The van der Waals surface area contributed by atoms with Gasteiger partial charge in [0, 0.05) is 13.1 Å². The first-order chi connectivity index (χ1) is 14.6. The number of benzene rings is 1. The summed E-state index contributed by atoms with van der Waals surface area (Å²) in [5, 5.41) is 0.